The number of nitrogens with zero attached hydrogens (tertiary/aromatic N) is 1. The van der Waals surface area contributed by atoms with Crippen LogP contribution in [0.15, 0.2) is 30.3 Å². The minimum Gasteiger partial charge on any atom is -0.379 e. The van der Waals surface area contributed by atoms with Gasteiger partial charge in [-0.1, -0.05) is 30.3 Å². The monoisotopic (exact) mass is 308 g/mol. The Morgan fingerprint density at radius 1 is 1.24 bits per heavy atom. The minimum atomic E-state index is 0.137. The molecule has 1 aromatic carbocycles. The van der Waals surface area contributed by atoms with E-state index >= 15 is 0 Å². The van der Waals surface area contributed by atoms with Gasteiger partial charge >= 0.3 is 0 Å². The van der Waals surface area contributed by atoms with Crippen molar-refractivity contribution in [3.8, 4) is 0 Å². The number of carbonyl (C=O) groups excluding carboxylic acids is 1. The summed E-state index contributed by atoms with van der Waals surface area (Å²) in [7, 11) is 0. The van der Waals surface area contributed by atoms with E-state index in [1.807, 2.05) is 18.2 Å². The molecule has 2 rings (SSSR count). The van der Waals surface area contributed by atoms with Crippen molar-refractivity contribution in [2.75, 3.05) is 50.9 Å². The Kier molecular flexibility index (Phi) is 7.63. The van der Waals surface area contributed by atoms with E-state index < -0.39 is 0 Å². The Balaban J connectivity index is 1.47. The number of morpholine rings is 1. The molecular weight excluding hydrogens is 284 g/mol. The van der Waals surface area contributed by atoms with Crippen LogP contribution in [0.4, 0.5) is 0 Å². The van der Waals surface area contributed by atoms with Gasteiger partial charge in [-0.15, -0.1) is 0 Å². The molecule has 0 radical (unpaired) electrons. The van der Waals surface area contributed by atoms with Crippen molar-refractivity contribution >= 4 is 17.7 Å². The number of nitrogens with one attached hydrogen (secondary N) is 1. The van der Waals surface area contributed by atoms with Crippen molar-refractivity contribution < 1.29 is 9.53 Å². The van der Waals surface area contributed by atoms with E-state index in [0.717, 1.165) is 45.0 Å². The van der Waals surface area contributed by atoms with Crippen molar-refractivity contribution in [1.29, 1.82) is 0 Å². The second-order valence-electron chi connectivity index (χ2n) is 5.09. The first kappa shape index (κ1) is 16.3. The summed E-state index contributed by atoms with van der Waals surface area (Å²) in [6, 6.07) is 10.2. The number of benzene rings is 1. The third-order valence-electron chi connectivity index (χ3n) is 3.47. The van der Waals surface area contributed by atoms with Gasteiger partial charge in [0.05, 0.1) is 19.0 Å². The second-order valence-corrected chi connectivity index (χ2v) is 6.20. The molecule has 0 unspecified atom stereocenters. The molecular formula is C16H24N2O2S. The molecule has 1 aliphatic heterocycles. The van der Waals surface area contributed by atoms with Crippen LogP contribution in [-0.2, 0) is 16.0 Å². The molecule has 5 heteroatoms. The molecule has 1 aliphatic rings. The quantitative estimate of drug-likeness (QED) is 0.737. The third kappa shape index (κ3) is 6.98. The minimum absolute atomic E-state index is 0.137. The summed E-state index contributed by atoms with van der Waals surface area (Å²) >= 11 is 1.71. The van der Waals surface area contributed by atoms with Crippen LogP contribution in [0.3, 0.4) is 0 Å². The van der Waals surface area contributed by atoms with Crippen LogP contribution >= 0.6 is 11.8 Å². The molecule has 0 bridgehead atoms. The predicted molar refractivity (Wildman–Crippen MR) is 87.7 cm³/mol. The average Bonchev–Trinajstić information content (AvgIpc) is 2.54. The summed E-state index contributed by atoms with van der Waals surface area (Å²) in [4.78, 5) is 14.1. The lowest BCUT2D eigenvalue weighted by Gasteiger charge is -2.26. The molecule has 0 spiro atoms. The van der Waals surface area contributed by atoms with Crippen molar-refractivity contribution in [2.45, 2.75) is 6.42 Å². The van der Waals surface area contributed by atoms with Gasteiger partial charge < -0.3 is 10.1 Å². The molecule has 4 nitrogen and oxygen atoms in total. The van der Waals surface area contributed by atoms with Gasteiger partial charge in [-0.3, -0.25) is 9.69 Å². The normalized spacial score (nSPS) is 15.8. The van der Waals surface area contributed by atoms with E-state index in [2.05, 4.69) is 22.3 Å². The van der Waals surface area contributed by atoms with Crippen molar-refractivity contribution in [3.63, 3.8) is 0 Å². The van der Waals surface area contributed by atoms with Crippen LogP contribution in [0.2, 0.25) is 0 Å². The Labute approximate surface area is 131 Å². The standard InChI is InChI=1S/C16H24N2O2S/c19-16(17-7-6-15-4-2-1-3-5-15)14-21-13-10-18-8-11-20-12-9-18/h1-5H,6-14H2,(H,17,19). The van der Waals surface area contributed by atoms with Crippen LogP contribution in [0.5, 0.6) is 0 Å². The van der Waals surface area contributed by atoms with E-state index in [9.17, 15) is 4.79 Å². The Hall–Kier alpha value is -1.04. The summed E-state index contributed by atoms with van der Waals surface area (Å²) in [5.41, 5.74) is 1.26. The number of thioether (sulfide) groups is 1. The van der Waals surface area contributed by atoms with E-state index in [1.165, 1.54) is 5.56 Å². The van der Waals surface area contributed by atoms with E-state index in [1.54, 1.807) is 11.8 Å². The summed E-state index contributed by atoms with van der Waals surface area (Å²) < 4.78 is 5.31. The van der Waals surface area contributed by atoms with Crippen LogP contribution in [-0.4, -0.2) is 61.7 Å². The molecule has 0 aromatic heterocycles. The topological polar surface area (TPSA) is 41.6 Å². The Morgan fingerprint density at radius 2 is 2.00 bits per heavy atom. The van der Waals surface area contributed by atoms with Gasteiger partial charge in [0.15, 0.2) is 0 Å². The van der Waals surface area contributed by atoms with Crippen LogP contribution in [0.1, 0.15) is 5.56 Å². The highest BCUT2D eigenvalue weighted by Crippen LogP contribution is 2.03. The number of rotatable bonds is 8. The second kappa shape index (κ2) is 9.82. The first-order chi connectivity index (χ1) is 10.3. The van der Waals surface area contributed by atoms with Crippen LogP contribution < -0.4 is 5.32 Å². The Bertz CT molecular complexity index is 408. The van der Waals surface area contributed by atoms with Gasteiger partial charge in [0.25, 0.3) is 0 Å². The van der Waals surface area contributed by atoms with Gasteiger partial charge in [0, 0.05) is 31.9 Å². The maximum Gasteiger partial charge on any atom is 0.230 e. The van der Waals surface area contributed by atoms with Crippen molar-refractivity contribution in [2.24, 2.45) is 0 Å². The first-order valence-corrected chi connectivity index (χ1v) is 8.68. The zero-order valence-electron chi connectivity index (χ0n) is 12.4. The molecule has 0 atom stereocenters. The van der Waals surface area contributed by atoms with Gasteiger partial charge in [-0.25, -0.2) is 0 Å². The smallest absolute Gasteiger partial charge is 0.230 e. The molecule has 21 heavy (non-hydrogen) atoms. The van der Waals surface area contributed by atoms with Crippen molar-refractivity contribution in [3.05, 3.63) is 35.9 Å². The third-order valence-corrected chi connectivity index (χ3v) is 4.40. The zero-order chi connectivity index (χ0) is 14.8. The summed E-state index contributed by atoms with van der Waals surface area (Å²) in [5, 5.41) is 2.98. The molecule has 0 aliphatic carbocycles. The average molecular weight is 308 g/mol. The fourth-order valence-corrected chi connectivity index (χ4v) is 3.04. The summed E-state index contributed by atoms with van der Waals surface area (Å²) in [6.07, 6.45) is 0.894. The number of amides is 1. The van der Waals surface area contributed by atoms with Gasteiger partial charge in [-0.05, 0) is 12.0 Å². The van der Waals surface area contributed by atoms with Gasteiger partial charge in [0.2, 0.25) is 5.91 Å². The Morgan fingerprint density at radius 3 is 2.76 bits per heavy atom. The largest absolute Gasteiger partial charge is 0.379 e. The predicted octanol–water partition coefficient (Wildman–Crippen LogP) is 1.41. The van der Waals surface area contributed by atoms with Crippen molar-refractivity contribution in [1.82, 2.24) is 10.2 Å². The highest BCUT2D eigenvalue weighted by Gasteiger charge is 2.09. The molecule has 1 N–H and O–H groups in total. The van der Waals surface area contributed by atoms with Gasteiger partial charge in [0.1, 0.15) is 0 Å². The highest BCUT2D eigenvalue weighted by atomic mass is 32.2. The number of hydrogen-bond donors (Lipinski definition) is 1. The zero-order valence-corrected chi connectivity index (χ0v) is 13.2. The number of carbonyl (C=O) groups is 1. The molecule has 1 saturated heterocycles. The fourth-order valence-electron chi connectivity index (χ4n) is 2.23. The summed E-state index contributed by atoms with van der Waals surface area (Å²) in [6.45, 7) is 5.47. The molecule has 116 valence electrons. The first-order valence-electron chi connectivity index (χ1n) is 7.53. The fraction of sp³-hybridized carbons (Fsp3) is 0.562. The van der Waals surface area contributed by atoms with E-state index in [0.29, 0.717) is 12.3 Å². The number of ether oxygens (including phenoxy) is 1. The highest BCUT2D eigenvalue weighted by molar-refractivity contribution is 7.99. The lowest BCUT2D eigenvalue weighted by Crippen LogP contribution is -2.37. The SMILES string of the molecule is O=C(CSCCN1CCOCC1)NCCc1ccccc1. The van der Waals surface area contributed by atoms with E-state index in [4.69, 9.17) is 4.74 Å². The number of hydrogen-bond acceptors (Lipinski definition) is 4. The summed E-state index contributed by atoms with van der Waals surface area (Å²) in [5.74, 6) is 1.70. The molecule has 1 heterocycles. The van der Waals surface area contributed by atoms with Crippen LogP contribution in [0, 0.1) is 0 Å². The van der Waals surface area contributed by atoms with Crippen LogP contribution in [0.25, 0.3) is 0 Å². The maximum atomic E-state index is 11.7. The lowest BCUT2D eigenvalue weighted by atomic mass is 10.1. The van der Waals surface area contributed by atoms with E-state index in [-0.39, 0.29) is 5.91 Å². The lowest BCUT2D eigenvalue weighted by molar-refractivity contribution is -0.118. The van der Waals surface area contributed by atoms with Gasteiger partial charge in [-0.2, -0.15) is 11.8 Å². The molecule has 1 amide bonds. The maximum absolute atomic E-state index is 11.7. The molecule has 1 fully saturated rings. The molecule has 1 aromatic rings. The molecule has 0 saturated carbocycles.